The first-order chi connectivity index (χ1) is 7.09. The predicted molar refractivity (Wildman–Crippen MR) is 69.0 cm³/mol. The summed E-state index contributed by atoms with van der Waals surface area (Å²) in [5, 5.41) is 0. The van der Waals surface area contributed by atoms with Gasteiger partial charge in [-0.05, 0) is 66.1 Å². The first-order valence-electron chi connectivity index (χ1n) is 5.13. The fraction of sp³-hybridized carbons (Fsp3) is 0.417. The lowest BCUT2D eigenvalue weighted by Gasteiger charge is -2.17. The minimum absolute atomic E-state index is 0.159. The van der Waals surface area contributed by atoms with Crippen LogP contribution >= 0.6 is 22.6 Å². The van der Waals surface area contributed by atoms with Crippen molar-refractivity contribution in [2.75, 3.05) is 7.05 Å². The zero-order chi connectivity index (χ0) is 11.0. The summed E-state index contributed by atoms with van der Waals surface area (Å²) in [7, 11) is 1.90. The van der Waals surface area contributed by atoms with Crippen molar-refractivity contribution in [3.63, 3.8) is 0 Å². The number of aryl methyl sites for hydroxylation is 1. The minimum atomic E-state index is 0.159. The van der Waals surface area contributed by atoms with E-state index in [0.717, 1.165) is 24.0 Å². The molecule has 1 saturated carbocycles. The van der Waals surface area contributed by atoms with Crippen molar-refractivity contribution in [3.05, 3.63) is 32.9 Å². The van der Waals surface area contributed by atoms with Crippen LogP contribution in [0, 0.1) is 10.5 Å². The van der Waals surface area contributed by atoms with Gasteiger partial charge in [-0.3, -0.25) is 4.79 Å². The lowest BCUT2D eigenvalue weighted by molar-refractivity contribution is 0.0784. The van der Waals surface area contributed by atoms with Crippen LogP contribution in [-0.4, -0.2) is 23.9 Å². The van der Waals surface area contributed by atoms with Gasteiger partial charge >= 0.3 is 0 Å². The molecule has 1 fully saturated rings. The van der Waals surface area contributed by atoms with E-state index < -0.39 is 0 Å². The Bertz CT molecular complexity index is 399. The average Bonchev–Trinajstić information content (AvgIpc) is 2.99. The van der Waals surface area contributed by atoms with E-state index in [2.05, 4.69) is 28.7 Å². The Balaban J connectivity index is 2.24. The molecule has 0 heterocycles. The van der Waals surface area contributed by atoms with Crippen LogP contribution in [0.15, 0.2) is 18.2 Å². The van der Waals surface area contributed by atoms with Crippen molar-refractivity contribution in [1.29, 1.82) is 0 Å². The number of hydrogen-bond acceptors (Lipinski definition) is 1. The lowest BCUT2D eigenvalue weighted by atomic mass is 10.1. The maximum absolute atomic E-state index is 12.1. The predicted octanol–water partition coefficient (Wildman–Crippen LogP) is 2.83. The lowest BCUT2D eigenvalue weighted by Crippen LogP contribution is -2.29. The minimum Gasteiger partial charge on any atom is -0.339 e. The quantitative estimate of drug-likeness (QED) is 0.769. The van der Waals surface area contributed by atoms with E-state index in [0.29, 0.717) is 6.04 Å². The average molecular weight is 315 g/mol. The van der Waals surface area contributed by atoms with Gasteiger partial charge in [-0.1, -0.05) is 0 Å². The second-order valence-electron chi connectivity index (χ2n) is 4.11. The van der Waals surface area contributed by atoms with Gasteiger partial charge in [0.2, 0.25) is 0 Å². The third-order valence-electron chi connectivity index (χ3n) is 2.83. The maximum atomic E-state index is 12.1. The molecule has 80 valence electrons. The highest BCUT2D eigenvalue weighted by Crippen LogP contribution is 2.27. The van der Waals surface area contributed by atoms with Gasteiger partial charge in [0.05, 0.1) is 0 Å². The fourth-order valence-corrected chi connectivity index (χ4v) is 2.33. The summed E-state index contributed by atoms with van der Waals surface area (Å²) >= 11 is 2.26. The molecule has 1 aliphatic rings. The van der Waals surface area contributed by atoms with Gasteiger partial charge in [0.25, 0.3) is 5.91 Å². The van der Waals surface area contributed by atoms with Gasteiger partial charge < -0.3 is 4.90 Å². The Hall–Kier alpha value is -0.580. The molecule has 0 unspecified atom stereocenters. The van der Waals surface area contributed by atoms with Crippen molar-refractivity contribution in [3.8, 4) is 0 Å². The summed E-state index contributed by atoms with van der Waals surface area (Å²) in [5.74, 6) is 0.159. The number of carbonyl (C=O) groups is 1. The summed E-state index contributed by atoms with van der Waals surface area (Å²) < 4.78 is 1.18. The summed E-state index contributed by atoms with van der Waals surface area (Å²) in [4.78, 5) is 14.0. The Morgan fingerprint density at radius 1 is 1.47 bits per heavy atom. The van der Waals surface area contributed by atoms with Crippen LogP contribution in [0.25, 0.3) is 0 Å². The molecular weight excluding hydrogens is 301 g/mol. The molecule has 2 nitrogen and oxygen atoms in total. The summed E-state index contributed by atoms with van der Waals surface area (Å²) in [6.07, 6.45) is 2.32. The normalized spacial score (nSPS) is 15.1. The first kappa shape index (κ1) is 10.9. The molecule has 0 bridgehead atoms. The Kier molecular flexibility index (Phi) is 3.00. The molecular formula is C12H14INO. The van der Waals surface area contributed by atoms with Crippen molar-refractivity contribution in [2.24, 2.45) is 0 Å². The number of nitrogens with zero attached hydrogens (tertiary/aromatic N) is 1. The molecule has 3 heteroatoms. The molecule has 1 amide bonds. The molecule has 1 aliphatic carbocycles. The monoisotopic (exact) mass is 315 g/mol. The van der Waals surface area contributed by atoms with Gasteiger partial charge in [-0.25, -0.2) is 0 Å². The largest absolute Gasteiger partial charge is 0.339 e. The molecule has 0 aromatic heterocycles. The van der Waals surface area contributed by atoms with Gasteiger partial charge in [-0.2, -0.15) is 0 Å². The smallest absolute Gasteiger partial charge is 0.254 e. The molecule has 15 heavy (non-hydrogen) atoms. The summed E-state index contributed by atoms with van der Waals surface area (Å²) in [6.45, 7) is 2.00. The number of carbonyl (C=O) groups excluding carboxylic acids is 1. The fourth-order valence-electron chi connectivity index (χ4n) is 1.68. The van der Waals surface area contributed by atoms with E-state index in [4.69, 9.17) is 0 Å². The maximum Gasteiger partial charge on any atom is 0.254 e. The van der Waals surface area contributed by atoms with Crippen LogP contribution in [0.5, 0.6) is 0 Å². The van der Waals surface area contributed by atoms with Crippen molar-refractivity contribution >= 4 is 28.5 Å². The second-order valence-corrected chi connectivity index (χ2v) is 5.35. The van der Waals surface area contributed by atoms with Crippen LogP contribution in [0.4, 0.5) is 0 Å². The standard InChI is InChI=1S/C12H14INO/c1-8-7-9(13)3-6-11(8)12(15)14(2)10-4-5-10/h3,6-7,10H,4-5H2,1-2H3. The van der Waals surface area contributed by atoms with Crippen LogP contribution in [0.2, 0.25) is 0 Å². The Morgan fingerprint density at radius 3 is 2.67 bits per heavy atom. The van der Waals surface area contributed by atoms with E-state index in [9.17, 15) is 4.79 Å². The Labute approximate surface area is 104 Å². The van der Waals surface area contributed by atoms with Gasteiger partial charge in [0, 0.05) is 22.2 Å². The molecule has 1 aromatic rings. The zero-order valence-electron chi connectivity index (χ0n) is 8.96. The zero-order valence-corrected chi connectivity index (χ0v) is 11.1. The summed E-state index contributed by atoms with van der Waals surface area (Å²) in [6, 6.07) is 6.45. The third-order valence-corrected chi connectivity index (χ3v) is 3.50. The van der Waals surface area contributed by atoms with Crippen LogP contribution < -0.4 is 0 Å². The van der Waals surface area contributed by atoms with Gasteiger partial charge in [0.15, 0.2) is 0 Å². The van der Waals surface area contributed by atoms with E-state index in [1.807, 2.05) is 31.0 Å². The van der Waals surface area contributed by atoms with E-state index >= 15 is 0 Å². The number of benzene rings is 1. The molecule has 1 aromatic carbocycles. The highest BCUT2D eigenvalue weighted by atomic mass is 127. The van der Waals surface area contributed by atoms with Gasteiger partial charge in [0.1, 0.15) is 0 Å². The van der Waals surface area contributed by atoms with Crippen molar-refractivity contribution < 1.29 is 4.79 Å². The van der Waals surface area contributed by atoms with E-state index in [1.54, 1.807) is 0 Å². The topological polar surface area (TPSA) is 20.3 Å². The van der Waals surface area contributed by atoms with Crippen LogP contribution in [0.1, 0.15) is 28.8 Å². The van der Waals surface area contributed by atoms with E-state index in [1.165, 1.54) is 3.57 Å². The molecule has 0 saturated heterocycles. The van der Waals surface area contributed by atoms with Crippen molar-refractivity contribution in [1.82, 2.24) is 4.90 Å². The number of halogens is 1. The third kappa shape index (κ3) is 2.33. The molecule has 0 radical (unpaired) electrons. The van der Waals surface area contributed by atoms with Crippen molar-refractivity contribution in [2.45, 2.75) is 25.8 Å². The molecule has 0 aliphatic heterocycles. The highest BCUT2D eigenvalue weighted by molar-refractivity contribution is 14.1. The first-order valence-corrected chi connectivity index (χ1v) is 6.21. The van der Waals surface area contributed by atoms with Gasteiger partial charge in [-0.15, -0.1) is 0 Å². The molecule has 0 spiro atoms. The second kappa shape index (κ2) is 4.12. The number of hydrogen-bond donors (Lipinski definition) is 0. The number of amides is 1. The molecule has 2 rings (SSSR count). The Morgan fingerprint density at radius 2 is 2.13 bits per heavy atom. The summed E-state index contributed by atoms with van der Waals surface area (Å²) in [5.41, 5.74) is 1.91. The van der Waals surface area contributed by atoms with E-state index in [-0.39, 0.29) is 5.91 Å². The highest BCUT2D eigenvalue weighted by Gasteiger charge is 2.30. The van der Waals surface area contributed by atoms with Crippen LogP contribution in [-0.2, 0) is 0 Å². The molecule has 0 N–H and O–H groups in total. The van der Waals surface area contributed by atoms with Crippen LogP contribution in [0.3, 0.4) is 0 Å². The molecule has 0 atom stereocenters. The number of rotatable bonds is 2. The SMILES string of the molecule is Cc1cc(I)ccc1C(=O)N(C)C1CC1.